The topological polar surface area (TPSA) is 71.1 Å². The maximum Gasteiger partial charge on any atom is 0.250 e. The molecule has 0 aliphatic rings. The van der Waals surface area contributed by atoms with Crippen LogP contribution in [0, 0.1) is 5.82 Å². The summed E-state index contributed by atoms with van der Waals surface area (Å²) in [6, 6.07) is 14.1. The number of rotatable bonds is 8. The van der Waals surface area contributed by atoms with Crippen LogP contribution in [0.4, 0.5) is 9.52 Å². The van der Waals surface area contributed by atoms with Gasteiger partial charge in [0, 0.05) is 30.5 Å². The Morgan fingerprint density at radius 1 is 1.17 bits per heavy atom. The van der Waals surface area contributed by atoms with Gasteiger partial charge in [0.15, 0.2) is 5.13 Å². The first-order valence-corrected chi connectivity index (χ1v) is 10.4. The van der Waals surface area contributed by atoms with Crippen molar-refractivity contribution in [2.75, 3.05) is 11.9 Å². The third kappa shape index (κ3) is 6.63. The molecule has 0 spiro atoms. The molecule has 2 amide bonds. The van der Waals surface area contributed by atoms with Gasteiger partial charge < -0.3 is 5.32 Å². The summed E-state index contributed by atoms with van der Waals surface area (Å²) >= 11 is 1.34. The van der Waals surface area contributed by atoms with Gasteiger partial charge in [0.05, 0.1) is 5.69 Å². The lowest BCUT2D eigenvalue weighted by Crippen LogP contribution is -2.21. The van der Waals surface area contributed by atoms with Crippen LogP contribution in [0.5, 0.6) is 0 Å². The number of amides is 2. The number of carbonyl (C=O) groups is 2. The quantitative estimate of drug-likeness (QED) is 0.409. The molecule has 1 heterocycles. The fourth-order valence-electron chi connectivity index (χ4n) is 2.79. The molecule has 5 nitrogen and oxygen atoms in total. The van der Waals surface area contributed by atoms with Crippen LogP contribution in [0.25, 0.3) is 17.3 Å². The smallest absolute Gasteiger partial charge is 0.250 e. The number of hydrogen-bond donors (Lipinski definition) is 2. The molecular weight excluding hydrogens is 401 g/mol. The maximum atomic E-state index is 13.2. The number of anilines is 1. The second-order valence-electron chi connectivity index (χ2n) is 6.70. The molecule has 0 saturated carbocycles. The molecule has 0 bridgehead atoms. The second kappa shape index (κ2) is 10.5. The van der Waals surface area contributed by atoms with Crippen molar-refractivity contribution in [1.29, 1.82) is 0 Å². The molecule has 0 aliphatic heterocycles. The van der Waals surface area contributed by atoms with E-state index in [9.17, 15) is 14.0 Å². The number of nitrogens with zero attached hydrogens (tertiary/aromatic N) is 1. The zero-order valence-electron chi connectivity index (χ0n) is 16.5. The Balaban J connectivity index is 1.54. The Morgan fingerprint density at radius 2 is 1.97 bits per heavy atom. The average molecular weight is 424 g/mol. The van der Waals surface area contributed by atoms with Crippen molar-refractivity contribution in [3.8, 4) is 11.3 Å². The van der Waals surface area contributed by atoms with Gasteiger partial charge in [-0.1, -0.05) is 36.4 Å². The van der Waals surface area contributed by atoms with Crippen molar-refractivity contribution < 1.29 is 14.0 Å². The fraction of sp³-hybridized carbons (Fsp3) is 0.174. The molecule has 2 aromatic carbocycles. The predicted molar refractivity (Wildman–Crippen MR) is 119 cm³/mol. The van der Waals surface area contributed by atoms with E-state index in [1.807, 2.05) is 29.6 Å². The van der Waals surface area contributed by atoms with Crippen molar-refractivity contribution in [1.82, 2.24) is 10.3 Å². The molecule has 0 radical (unpaired) electrons. The minimum absolute atomic E-state index is 0.0128. The number of halogens is 1. The Labute approximate surface area is 178 Å². The van der Waals surface area contributed by atoms with Crippen molar-refractivity contribution in [2.24, 2.45) is 0 Å². The van der Waals surface area contributed by atoms with Gasteiger partial charge in [0.1, 0.15) is 5.82 Å². The molecule has 3 rings (SSSR count). The summed E-state index contributed by atoms with van der Waals surface area (Å²) in [7, 11) is 0. The predicted octanol–water partition coefficient (Wildman–Crippen LogP) is 4.67. The zero-order valence-corrected chi connectivity index (χ0v) is 17.3. The Hall–Kier alpha value is -3.32. The van der Waals surface area contributed by atoms with Gasteiger partial charge in [-0.25, -0.2) is 9.37 Å². The van der Waals surface area contributed by atoms with Gasteiger partial charge in [-0.3, -0.25) is 14.9 Å². The van der Waals surface area contributed by atoms with E-state index >= 15 is 0 Å². The van der Waals surface area contributed by atoms with E-state index in [1.54, 1.807) is 18.2 Å². The van der Waals surface area contributed by atoms with Crippen LogP contribution in [-0.2, 0) is 16.0 Å². The van der Waals surface area contributed by atoms with Crippen LogP contribution in [0.15, 0.2) is 60.0 Å². The van der Waals surface area contributed by atoms with Crippen LogP contribution < -0.4 is 10.6 Å². The summed E-state index contributed by atoms with van der Waals surface area (Å²) < 4.78 is 13.2. The number of aryl methyl sites for hydroxylation is 1. The van der Waals surface area contributed by atoms with Gasteiger partial charge in [0.2, 0.25) is 11.8 Å². The van der Waals surface area contributed by atoms with Crippen LogP contribution >= 0.6 is 11.3 Å². The molecular formula is C23H22FN3O2S. The highest BCUT2D eigenvalue weighted by molar-refractivity contribution is 7.14. The molecule has 0 aliphatic carbocycles. The lowest BCUT2D eigenvalue weighted by Gasteiger charge is -2.04. The molecule has 0 saturated heterocycles. The number of hydrogen-bond acceptors (Lipinski definition) is 4. The molecule has 0 atom stereocenters. The third-order valence-electron chi connectivity index (χ3n) is 4.28. The summed E-state index contributed by atoms with van der Waals surface area (Å²) in [4.78, 5) is 27.4. The van der Waals surface area contributed by atoms with Gasteiger partial charge >= 0.3 is 0 Å². The van der Waals surface area contributed by atoms with Crippen molar-refractivity contribution >= 4 is 34.4 Å². The van der Waals surface area contributed by atoms with Gasteiger partial charge in [-0.2, -0.15) is 0 Å². The number of nitrogens with one attached hydrogen (secondary N) is 2. The molecule has 154 valence electrons. The third-order valence-corrected chi connectivity index (χ3v) is 5.03. The summed E-state index contributed by atoms with van der Waals surface area (Å²) in [5.41, 5.74) is 3.55. The number of thiazole rings is 1. The van der Waals surface area contributed by atoms with Crippen LogP contribution in [0.3, 0.4) is 0 Å². The molecule has 30 heavy (non-hydrogen) atoms. The lowest BCUT2D eigenvalue weighted by atomic mass is 10.1. The van der Waals surface area contributed by atoms with Crippen molar-refractivity contribution in [3.05, 3.63) is 76.9 Å². The van der Waals surface area contributed by atoms with E-state index in [0.29, 0.717) is 17.2 Å². The van der Waals surface area contributed by atoms with E-state index in [-0.39, 0.29) is 17.6 Å². The minimum atomic E-state index is -0.346. The molecule has 1 aromatic heterocycles. The molecule has 7 heteroatoms. The highest BCUT2D eigenvalue weighted by Gasteiger charge is 2.07. The summed E-state index contributed by atoms with van der Waals surface area (Å²) in [6.07, 6.45) is 4.68. The highest BCUT2D eigenvalue weighted by atomic mass is 32.1. The Kier molecular flexibility index (Phi) is 7.45. The van der Waals surface area contributed by atoms with Crippen LogP contribution in [0.2, 0.25) is 0 Å². The monoisotopic (exact) mass is 423 g/mol. The van der Waals surface area contributed by atoms with E-state index in [4.69, 9.17) is 0 Å². The number of carbonyl (C=O) groups excluding carboxylic acids is 2. The van der Waals surface area contributed by atoms with Gasteiger partial charge in [0.25, 0.3) is 0 Å². The van der Waals surface area contributed by atoms with Crippen molar-refractivity contribution in [2.45, 2.75) is 19.8 Å². The lowest BCUT2D eigenvalue weighted by molar-refractivity contribution is -0.119. The molecule has 0 fully saturated rings. The first kappa shape index (κ1) is 21.4. The van der Waals surface area contributed by atoms with E-state index in [2.05, 4.69) is 15.6 Å². The Bertz CT molecular complexity index is 1040. The standard InChI is InChI=1S/C23H22FN3O2S/c1-16(28)25-13-3-5-17-7-10-19(11-8-17)21-15-30-23(26-21)27-22(29)12-9-18-4-2-6-20(24)14-18/h2,4,6-12,14-15H,3,5,13H2,1H3,(H,25,28)(H,26,27,29)/b12-9+. The van der Waals surface area contributed by atoms with E-state index in [0.717, 1.165) is 24.1 Å². The first-order valence-electron chi connectivity index (χ1n) is 9.53. The van der Waals surface area contributed by atoms with Gasteiger partial charge in [-0.05, 0) is 42.2 Å². The average Bonchev–Trinajstić information content (AvgIpc) is 3.18. The van der Waals surface area contributed by atoms with E-state index < -0.39 is 0 Å². The maximum absolute atomic E-state index is 13.2. The van der Waals surface area contributed by atoms with Crippen LogP contribution in [-0.4, -0.2) is 23.3 Å². The number of benzene rings is 2. The second-order valence-corrected chi connectivity index (χ2v) is 7.56. The fourth-order valence-corrected chi connectivity index (χ4v) is 3.51. The SMILES string of the molecule is CC(=O)NCCCc1ccc(-c2csc(NC(=O)/C=C/c3cccc(F)c3)n2)cc1. The first-order chi connectivity index (χ1) is 14.5. The molecule has 2 N–H and O–H groups in total. The highest BCUT2D eigenvalue weighted by Crippen LogP contribution is 2.25. The molecule has 0 unspecified atom stereocenters. The largest absolute Gasteiger partial charge is 0.356 e. The minimum Gasteiger partial charge on any atom is -0.356 e. The summed E-state index contributed by atoms with van der Waals surface area (Å²) in [5, 5.41) is 7.90. The molecule has 3 aromatic rings. The number of aromatic nitrogens is 1. The summed E-state index contributed by atoms with van der Waals surface area (Å²) in [5.74, 6) is -0.684. The van der Waals surface area contributed by atoms with Crippen LogP contribution in [0.1, 0.15) is 24.5 Å². The zero-order chi connectivity index (χ0) is 21.3. The Morgan fingerprint density at radius 3 is 2.70 bits per heavy atom. The normalized spacial score (nSPS) is 10.9. The van der Waals surface area contributed by atoms with Gasteiger partial charge in [-0.15, -0.1) is 11.3 Å². The van der Waals surface area contributed by atoms with E-state index in [1.165, 1.54) is 42.0 Å². The summed E-state index contributed by atoms with van der Waals surface area (Å²) in [6.45, 7) is 2.18. The van der Waals surface area contributed by atoms with Crippen molar-refractivity contribution in [3.63, 3.8) is 0 Å².